The summed E-state index contributed by atoms with van der Waals surface area (Å²) < 4.78 is 2.43. The number of fused-ring (bicyclic) bond motifs is 3. The van der Waals surface area contributed by atoms with Gasteiger partial charge < -0.3 is 14.4 Å². The number of hydrogen-bond donors (Lipinski definition) is 0. The molecule has 10 aromatic rings. The van der Waals surface area contributed by atoms with Crippen molar-refractivity contribution in [2.45, 2.75) is 6.92 Å². The van der Waals surface area contributed by atoms with Crippen molar-refractivity contribution in [2.24, 2.45) is 0 Å². The smallest absolute Gasteiger partial charge is 0.115 e. The van der Waals surface area contributed by atoms with Crippen LogP contribution in [0.2, 0.25) is 0 Å². The highest BCUT2D eigenvalue weighted by Gasteiger charge is 2.20. The van der Waals surface area contributed by atoms with Gasteiger partial charge in [0.15, 0.2) is 0 Å². The number of anilines is 6. The van der Waals surface area contributed by atoms with Crippen LogP contribution in [0.4, 0.5) is 34.1 Å². The van der Waals surface area contributed by atoms with Gasteiger partial charge in [-0.1, -0.05) is 103 Å². The molecule has 0 fully saturated rings. The summed E-state index contributed by atoms with van der Waals surface area (Å²) in [7, 11) is 0. The molecule has 0 amide bonds. The lowest BCUT2D eigenvalue weighted by molar-refractivity contribution is 1.15. The molecule has 0 aliphatic carbocycles. The third kappa shape index (κ3) is 6.45. The average Bonchev–Trinajstić information content (AvgIpc) is 3.61. The van der Waals surface area contributed by atoms with Crippen molar-refractivity contribution >= 4 is 55.9 Å². The van der Waals surface area contributed by atoms with E-state index in [1.165, 1.54) is 21.9 Å². The van der Waals surface area contributed by atoms with Crippen molar-refractivity contribution in [1.29, 1.82) is 0 Å². The normalized spacial score (nSPS) is 11.2. The molecule has 5 heteroatoms. The molecule has 0 atom stereocenters. The van der Waals surface area contributed by atoms with E-state index in [1.54, 1.807) is 6.33 Å². The molecule has 0 spiro atoms. The largest absolute Gasteiger partial charge is 0.310 e. The first kappa shape index (κ1) is 34.7. The fourth-order valence-corrected chi connectivity index (χ4v) is 8.13. The molecular weight excluding hydrogens is 707 g/mol. The Morgan fingerprint density at radius 1 is 0.362 bits per heavy atom. The van der Waals surface area contributed by atoms with E-state index in [1.807, 2.05) is 12.4 Å². The highest BCUT2D eigenvalue weighted by molar-refractivity contribution is 6.12. The minimum absolute atomic E-state index is 1.00. The molecule has 5 nitrogen and oxygen atoms in total. The first-order chi connectivity index (χ1) is 28.7. The Hall–Kier alpha value is -7.76. The second-order valence-electron chi connectivity index (χ2n) is 14.5. The summed E-state index contributed by atoms with van der Waals surface area (Å²) in [5, 5.41) is 2.35. The van der Waals surface area contributed by atoms with Crippen LogP contribution >= 0.6 is 0 Å². The summed E-state index contributed by atoms with van der Waals surface area (Å²) >= 11 is 0. The maximum Gasteiger partial charge on any atom is 0.115 e. The van der Waals surface area contributed by atoms with Gasteiger partial charge in [-0.15, -0.1) is 0 Å². The van der Waals surface area contributed by atoms with Crippen molar-refractivity contribution < 1.29 is 0 Å². The zero-order valence-electron chi connectivity index (χ0n) is 32.0. The van der Waals surface area contributed by atoms with Crippen molar-refractivity contribution in [3.63, 3.8) is 0 Å². The molecule has 0 saturated carbocycles. The number of benzene rings is 8. The van der Waals surface area contributed by atoms with Gasteiger partial charge in [0.2, 0.25) is 0 Å². The molecule has 0 radical (unpaired) electrons. The van der Waals surface area contributed by atoms with Crippen molar-refractivity contribution in [3.8, 4) is 27.9 Å². The molecule has 58 heavy (non-hydrogen) atoms. The zero-order chi connectivity index (χ0) is 38.8. The summed E-state index contributed by atoms with van der Waals surface area (Å²) in [6.45, 7) is 2.22. The number of nitrogens with zero attached hydrogens (tertiary/aromatic N) is 5. The van der Waals surface area contributed by atoms with Gasteiger partial charge in [0, 0.05) is 68.5 Å². The first-order valence-electron chi connectivity index (χ1n) is 19.6. The van der Waals surface area contributed by atoms with Crippen LogP contribution in [-0.4, -0.2) is 14.5 Å². The maximum absolute atomic E-state index is 4.19. The molecule has 0 aliphatic heterocycles. The van der Waals surface area contributed by atoms with Crippen LogP contribution in [0.3, 0.4) is 0 Å². The molecule has 2 aromatic heterocycles. The Bertz CT molecular complexity index is 2760. The monoisotopic (exact) mass is 745 g/mol. The average molecular weight is 746 g/mol. The topological polar surface area (TPSA) is 37.2 Å². The Kier molecular flexibility index (Phi) is 9.01. The van der Waals surface area contributed by atoms with Gasteiger partial charge in [-0.2, -0.15) is 0 Å². The van der Waals surface area contributed by atoms with Crippen LogP contribution in [0, 0.1) is 6.92 Å². The van der Waals surface area contributed by atoms with E-state index in [-0.39, 0.29) is 0 Å². The zero-order valence-corrected chi connectivity index (χ0v) is 32.0. The highest BCUT2D eigenvalue weighted by atomic mass is 15.1. The van der Waals surface area contributed by atoms with E-state index in [2.05, 4.69) is 231 Å². The van der Waals surface area contributed by atoms with Gasteiger partial charge in [-0.3, -0.25) is 0 Å². The number of aryl methyl sites for hydroxylation is 1. The predicted molar refractivity (Wildman–Crippen MR) is 241 cm³/mol. The molecule has 0 unspecified atom stereocenters. The van der Waals surface area contributed by atoms with E-state index in [0.717, 1.165) is 67.5 Å². The van der Waals surface area contributed by atoms with Gasteiger partial charge >= 0.3 is 0 Å². The summed E-state index contributed by atoms with van der Waals surface area (Å²) in [6.07, 6.45) is 5.26. The van der Waals surface area contributed by atoms with Gasteiger partial charge in [-0.25, -0.2) is 9.97 Å². The molecule has 2 heterocycles. The van der Waals surface area contributed by atoms with E-state index < -0.39 is 0 Å². The summed E-state index contributed by atoms with van der Waals surface area (Å²) in [4.78, 5) is 13.1. The molecule has 0 saturated heterocycles. The Morgan fingerprint density at radius 3 is 1.17 bits per heavy atom. The predicted octanol–water partition coefficient (Wildman–Crippen LogP) is 14.2. The second-order valence-corrected chi connectivity index (χ2v) is 14.5. The maximum atomic E-state index is 4.19. The van der Waals surface area contributed by atoms with E-state index in [4.69, 9.17) is 0 Å². The number of aromatic nitrogens is 3. The fraction of sp³-hybridized carbons (Fsp3) is 0.0189. The number of rotatable bonds is 9. The minimum Gasteiger partial charge on any atom is -0.310 e. The van der Waals surface area contributed by atoms with Crippen LogP contribution in [0.1, 0.15) is 5.56 Å². The summed E-state index contributed by atoms with van der Waals surface area (Å²) in [5.74, 6) is 0. The summed E-state index contributed by atoms with van der Waals surface area (Å²) in [6, 6.07) is 71.7. The van der Waals surface area contributed by atoms with Crippen LogP contribution in [0.5, 0.6) is 0 Å². The molecule has 0 bridgehead atoms. The van der Waals surface area contributed by atoms with E-state index in [9.17, 15) is 0 Å². The SMILES string of the molecule is Cc1cc(-c2ccc(-c3cncnc3)cc2)ccc1-n1c2ccc(N(c3ccccc3)c3ccccc3)cc2c2cc(N(c3ccccc3)c3ccccc3)ccc21. The summed E-state index contributed by atoms with van der Waals surface area (Å²) in [5.41, 5.74) is 15.7. The quantitative estimate of drug-likeness (QED) is 0.147. The molecule has 0 aliphatic rings. The molecular formula is C53H39N5. The Balaban J connectivity index is 1.16. The van der Waals surface area contributed by atoms with Gasteiger partial charge in [0.05, 0.1) is 11.0 Å². The Labute approximate surface area is 338 Å². The van der Waals surface area contributed by atoms with Crippen molar-refractivity contribution in [3.05, 3.63) is 224 Å². The van der Waals surface area contributed by atoms with Crippen LogP contribution in [0.15, 0.2) is 219 Å². The molecule has 10 rings (SSSR count). The fourth-order valence-electron chi connectivity index (χ4n) is 8.13. The van der Waals surface area contributed by atoms with Crippen LogP contribution in [-0.2, 0) is 0 Å². The molecule has 0 N–H and O–H groups in total. The van der Waals surface area contributed by atoms with E-state index >= 15 is 0 Å². The molecule has 8 aromatic carbocycles. The van der Waals surface area contributed by atoms with E-state index in [0.29, 0.717) is 0 Å². The Morgan fingerprint density at radius 2 is 0.759 bits per heavy atom. The second kappa shape index (κ2) is 15.1. The van der Waals surface area contributed by atoms with Crippen LogP contribution in [0.25, 0.3) is 49.7 Å². The minimum atomic E-state index is 1.00. The van der Waals surface area contributed by atoms with Crippen LogP contribution < -0.4 is 9.80 Å². The number of hydrogen-bond acceptors (Lipinski definition) is 4. The first-order valence-corrected chi connectivity index (χ1v) is 19.6. The van der Waals surface area contributed by atoms with Crippen molar-refractivity contribution in [1.82, 2.24) is 14.5 Å². The molecule has 276 valence electrons. The third-order valence-electron chi connectivity index (χ3n) is 10.9. The van der Waals surface area contributed by atoms with Gasteiger partial charge in [0.25, 0.3) is 0 Å². The standard InChI is InChI=1S/C53H39N5/c1-38-32-41(39-22-24-40(25-23-39)42-35-54-37-55-36-42)26-29-51(38)58-52-30-27-47(56(43-14-6-2-7-15-43)44-16-8-3-9-17-44)33-49(52)50-34-48(28-31-53(50)58)57(45-18-10-4-11-19-45)46-20-12-5-13-21-46/h2-37H,1H3. The lowest BCUT2D eigenvalue weighted by Gasteiger charge is -2.26. The van der Waals surface area contributed by atoms with Gasteiger partial charge in [0.1, 0.15) is 6.33 Å². The number of para-hydroxylation sites is 4. The lowest BCUT2D eigenvalue weighted by Crippen LogP contribution is -2.09. The van der Waals surface area contributed by atoms with Gasteiger partial charge in [-0.05, 0) is 126 Å². The third-order valence-corrected chi connectivity index (χ3v) is 10.9. The highest BCUT2D eigenvalue weighted by Crippen LogP contribution is 2.43. The lowest BCUT2D eigenvalue weighted by atomic mass is 9.99. The van der Waals surface area contributed by atoms with Crippen molar-refractivity contribution in [2.75, 3.05) is 9.80 Å².